The molecule has 0 amide bonds. The first-order valence-corrected chi connectivity index (χ1v) is 9.11. The summed E-state index contributed by atoms with van der Waals surface area (Å²) in [5.41, 5.74) is 5.90. The summed E-state index contributed by atoms with van der Waals surface area (Å²) >= 11 is 12.0. The molecule has 2 aromatic carbocycles. The minimum atomic E-state index is -4.23. The molecule has 25 heavy (non-hydrogen) atoms. The molecule has 0 spiro atoms. The van der Waals surface area contributed by atoms with Gasteiger partial charge in [0, 0.05) is 15.6 Å². The Balaban J connectivity index is 1.90. The molecule has 0 saturated heterocycles. The summed E-state index contributed by atoms with van der Waals surface area (Å²) in [4.78, 5) is 12.4. The maximum atomic E-state index is 12.5. The number of nitrogens with two attached hydrogens (primary N) is 1. The van der Waals surface area contributed by atoms with Gasteiger partial charge in [0.25, 0.3) is 0 Å². The molecule has 1 atom stereocenters. The Kier molecular flexibility index (Phi) is 4.64. The van der Waals surface area contributed by atoms with Gasteiger partial charge in [-0.1, -0.05) is 41.4 Å². The summed E-state index contributed by atoms with van der Waals surface area (Å²) in [5, 5.41) is 0.559. The molecule has 2 aromatic rings. The van der Waals surface area contributed by atoms with Crippen molar-refractivity contribution >= 4 is 39.1 Å². The number of rotatable bonds is 4. The smallest absolute Gasteiger partial charge is 0.339 e. The number of ketones is 1. The van der Waals surface area contributed by atoms with Crippen LogP contribution in [0.5, 0.6) is 0 Å². The Hall–Kier alpha value is -2.22. The van der Waals surface area contributed by atoms with Crippen molar-refractivity contribution in [3.63, 3.8) is 0 Å². The van der Waals surface area contributed by atoms with E-state index in [0.29, 0.717) is 5.02 Å². The second kappa shape index (κ2) is 6.59. The summed E-state index contributed by atoms with van der Waals surface area (Å²) in [6.45, 7) is 0. The van der Waals surface area contributed by atoms with Crippen molar-refractivity contribution in [2.24, 2.45) is 5.73 Å². The predicted molar refractivity (Wildman–Crippen MR) is 91.2 cm³/mol. The van der Waals surface area contributed by atoms with E-state index in [4.69, 9.17) is 37.9 Å². The van der Waals surface area contributed by atoms with Gasteiger partial charge in [-0.3, -0.25) is 4.79 Å². The lowest BCUT2D eigenvalue weighted by Gasteiger charge is -2.12. The molecule has 0 bridgehead atoms. The van der Waals surface area contributed by atoms with E-state index < -0.39 is 33.6 Å². The molecular formula is C16H11Cl2NO5S. The molecule has 0 aliphatic carbocycles. The summed E-state index contributed by atoms with van der Waals surface area (Å²) in [6, 6.07) is 11.8. The third kappa shape index (κ3) is 3.44. The Bertz CT molecular complexity index is 973. The molecule has 1 aliphatic heterocycles. The van der Waals surface area contributed by atoms with Crippen molar-refractivity contribution in [2.75, 3.05) is 0 Å². The Morgan fingerprint density at radius 2 is 1.76 bits per heavy atom. The van der Waals surface area contributed by atoms with Crippen LogP contribution in [-0.2, 0) is 23.8 Å². The lowest BCUT2D eigenvalue weighted by Crippen LogP contribution is -2.15. The quantitative estimate of drug-likeness (QED) is 0.793. The first-order chi connectivity index (χ1) is 11.8. The highest BCUT2D eigenvalue weighted by atomic mass is 35.5. The van der Waals surface area contributed by atoms with Crippen LogP contribution in [0.3, 0.4) is 0 Å². The first-order valence-electron chi connectivity index (χ1n) is 6.94. The van der Waals surface area contributed by atoms with Crippen LogP contribution < -0.4 is 5.73 Å². The number of ether oxygens (including phenoxy) is 1. The van der Waals surface area contributed by atoms with E-state index in [2.05, 4.69) is 0 Å². The van der Waals surface area contributed by atoms with E-state index in [1.54, 1.807) is 12.1 Å². The third-order valence-electron chi connectivity index (χ3n) is 3.40. The number of hydrogen-bond donors (Lipinski definition) is 1. The zero-order chi connectivity index (χ0) is 18.2. The van der Waals surface area contributed by atoms with Crippen LogP contribution in [0.15, 0.2) is 65.1 Å². The summed E-state index contributed by atoms with van der Waals surface area (Å²) < 4.78 is 34.7. The highest BCUT2D eigenvalue weighted by Gasteiger charge is 2.40. The average molecular weight is 400 g/mol. The van der Waals surface area contributed by atoms with Gasteiger partial charge in [0.2, 0.25) is 17.4 Å². The Morgan fingerprint density at radius 3 is 2.44 bits per heavy atom. The van der Waals surface area contributed by atoms with E-state index in [0.717, 1.165) is 0 Å². The van der Waals surface area contributed by atoms with Gasteiger partial charge in [0.1, 0.15) is 4.90 Å². The SMILES string of the molecule is NC1=C(OS(=O)(=O)c2ccccc2)C(=O)C(c2cc(Cl)ccc2Cl)O1. The minimum absolute atomic E-state index is 0.118. The van der Waals surface area contributed by atoms with Crippen LogP contribution >= 0.6 is 23.2 Å². The first kappa shape index (κ1) is 17.6. The highest BCUT2D eigenvalue weighted by molar-refractivity contribution is 7.86. The fourth-order valence-corrected chi connectivity index (χ4v) is 3.59. The van der Waals surface area contributed by atoms with Crippen molar-refractivity contribution in [1.29, 1.82) is 0 Å². The molecule has 130 valence electrons. The topological polar surface area (TPSA) is 95.7 Å². The normalized spacial score (nSPS) is 17.5. The van der Waals surface area contributed by atoms with Gasteiger partial charge in [-0.05, 0) is 30.3 Å². The molecule has 3 rings (SSSR count). The standard InChI is InChI=1S/C16H11Cl2NO5S/c17-9-6-7-12(18)11(8-9)14-13(20)15(16(19)23-14)24-25(21,22)10-4-2-1-3-5-10/h1-8,14H,19H2. The van der Waals surface area contributed by atoms with Crippen molar-refractivity contribution in [2.45, 2.75) is 11.0 Å². The molecule has 1 unspecified atom stereocenters. The van der Waals surface area contributed by atoms with Crippen LogP contribution in [0.2, 0.25) is 10.0 Å². The second-order valence-electron chi connectivity index (χ2n) is 5.07. The van der Waals surface area contributed by atoms with E-state index >= 15 is 0 Å². The van der Waals surface area contributed by atoms with Gasteiger partial charge >= 0.3 is 10.1 Å². The minimum Gasteiger partial charge on any atom is -0.460 e. The zero-order valence-electron chi connectivity index (χ0n) is 12.5. The summed E-state index contributed by atoms with van der Waals surface area (Å²) in [6.07, 6.45) is -1.23. The summed E-state index contributed by atoms with van der Waals surface area (Å²) in [7, 11) is -4.23. The third-order valence-corrected chi connectivity index (χ3v) is 5.21. The zero-order valence-corrected chi connectivity index (χ0v) is 14.8. The van der Waals surface area contributed by atoms with Gasteiger partial charge in [0.05, 0.1) is 0 Å². The molecule has 0 saturated carbocycles. The fraction of sp³-hybridized carbons (Fsp3) is 0.0625. The number of carbonyl (C=O) groups excluding carboxylic acids is 1. The lowest BCUT2D eigenvalue weighted by molar-refractivity contribution is -0.123. The Morgan fingerprint density at radius 1 is 1.08 bits per heavy atom. The van der Waals surface area contributed by atoms with Crippen molar-refractivity contribution in [3.05, 3.63) is 75.8 Å². The maximum Gasteiger partial charge on any atom is 0.339 e. The fourth-order valence-electron chi connectivity index (χ4n) is 2.22. The number of carbonyl (C=O) groups is 1. The van der Waals surface area contributed by atoms with Gasteiger partial charge in [-0.25, -0.2) is 0 Å². The molecule has 9 heteroatoms. The van der Waals surface area contributed by atoms with Crippen molar-refractivity contribution < 1.29 is 22.1 Å². The number of hydrogen-bond acceptors (Lipinski definition) is 6. The molecule has 0 fully saturated rings. The van der Waals surface area contributed by atoms with E-state index in [1.165, 1.54) is 36.4 Å². The molecule has 1 heterocycles. The van der Waals surface area contributed by atoms with E-state index in [1.807, 2.05) is 0 Å². The van der Waals surface area contributed by atoms with Crippen LogP contribution in [0, 0.1) is 0 Å². The monoisotopic (exact) mass is 399 g/mol. The number of Topliss-reactive ketones (excluding diaryl/α,β-unsaturated/α-hetero) is 1. The highest BCUT2D eigenvalue weighted by Crippen LogP contribution is 2.37. The maximum absolute atomic E-state index is 12.5. The number of benzene rings is 2. The van der Waals surface area contributed by atoms with Crippen LogP contribution in [-0.4, -0.2) is 14.2 Å². The van der Waals surface area contributed by atoms with Crippen molar-refractivity contribution in [1.82, 2.24) is 0 Å². The molecule has 1 aliphatic rings. The van der Waals surface area contributed by atoms with Crippen LogP contribution in [0.1, 0.15) is 11.7 Å². The molecule has 0 radical (unpaired) electrons. The van der Waals surface area contributed by atoms with Gasteiger partial charge in [0.15, 0.2) is 6.10 Å². The largest absolute Gasteiger partial charge is 0.460 e. The Labute approximate surface area is 153 Å². The summed E-state index contributed by atoms with van der Waals surface area (Å²) in [5.74, 6) is -1.79. The lowest BCUT2D eigenvalue weighted by atomic mass is 10.1. The predicted octanol–water partition coefficient (Wildman–Crippen LogP) is 3.17. The van der Waals surface area contributed by atoms with Gasteiger partial charge < -0.3 is 14.7 Å². The van der Waals surface area contributed by atoms with Gasteiger partial charge in [-0.2, -0.15) is 8.42 Å². The molecule has 0 aromatic heterocycles. The van der Waals surface area contributed by atoms with E-state index in [9.17, 15) is 13.2 Å². The van der Waals surface area contributed by atoms with E-state index in [-0.39, 0.29) is 15.5 Å². The molecular weight excluding hydrogens is 389 g/mol. The number of halogens is 2. The average Bonchev–Trinajstić information content (AvgIpc) is 2.85. The van der Waals surface area contributed by atoms with Gasteiger partial charge in [-0.15, -0.1) is 0 Å². The van der Waals surface area contributed by atoms with Crippen molar-refractivity contribution in [3.8, 4) is 0 Å². The van der Waals surface area contributed by atoms with Crippen LogP contribution in [0.4, 0.5) is 0 Å². The molecule has 2 N–H and O–H groups in total. The molecule has 6 nitrogen and oxygen atoms in total. The second-order valence-corrected chi connectivity index (χ2v) is 7.46. The van der Waals surface area contributed by atoms with Crippen LogP contribution in [0.25, 0.3) is 0 Å².